The van der Waals surface area contributed by atoms with Crippen molar-refractivity contribution in [1.82, 2.24) is 0 Å². The van der Waals surface area contributed by atoms with Gasteiger partial charge in [-0.3, -0.25) is 4.72 Å². The predicted octanol–water partition coefficient (Wildman–Crippen LogP) is 2.35. The van der Waals surface area contributed by atoms with Gasteiger partial charge in [0, 0.05) is 18.2 Å². The maximum atomic E-state index is 12.5. The van der Waals surface area contributed by atoms with E-state index < -0.39 is 16.0 Å². The van der Waals surface area contributed by atoms with Gasteiger partial charge in [0.05, 0.1) is 27.0 Å². The lowest BCUT2D eigenvalue weighted by Crippen LogP contribution is -2.15. The van der Waals surface area contributed by atoms with E-state index in [0.717, 1.165) is 11.3 Å². The van der Waals surface area contributed by atoms with Gasteiger partial charge in [-0.25, -0.2) is 13.2 Å². The van der Waals surface area contributed by atoms with Crippen LogP contribution >= 0.6 is 11.3 Å². The lowest BCUT2D eigenvalue weighted by molar-refractivity contribution is 0.0602. The topological polar surface area (TPSA) is 90.9 Å². The number of carbonyl (C=O) groups is 1. The Morgan fingerprint density at radius 2 is 1.70 bits per heavy atom. The molecule has 0 radical (unpaired) electrons. The summed E-state index contributed by atoms with van der Waals surface area (Å²) in [5.74, 6) is 0.157. The van der Waals surface area contributed by atoms with E-state index in [2.05, 4.69) is 9.46 Å². The Kier molecular flexibility index (Phi) is 5.12. The predicted molar refractivity (Wildman–Crippen MR) is 86.0 cm³/mol. The van der Waals surface area contributed by atoms with Crippen molar-refractivity contribution >= 4 is 33.0 Å². The molecule has 0 bridgehead atoms. The molecule has 0 unspecified atom stereocenters. The number of carbonyl (C=O) groups excluding carboxylic acids is 1. The van der Waals surface area contributed by atoms with E-state index in [1.807, 2.05) is 0 Å². The number of ether oxygens (including phenoxy) is 3. The van der Waals surface area contributed by atoms with Crippen molar-refractivity contribution in [2.24, 2.45) is 0 Å². The van der Waals surface area contributed by atoms with Crippen LogP contribution in [0.2, 0.25) is 0 Å². The van der Waals surface area contributed by atoms with Gasteiger partial charge in [-0.15, -0.1) is 11.3 Å². The molecule has 0 atom stereocenters. The average molecular weight is 357 g/mol. The van der Waals surface area contributed by atoms with E-state index in [9.17, 15) is 13.2 Å². The highest BCUT2D eigenvalue weighted by atomic mass is 32.2. The molecule has 0 fully saturated rings. The fourth-order valence-electron chi connectivity index (χ4n) is 1.83. The fourth-order valence-corrected chi connectivity index (χ4v) is 4.20. The third-order valence-corrected chi connectivity index (χ3v) is 5.34. The van der Waals surface area contributed by atoms with Crippen molar-refractivity contribution in [1.29, 1.82) is 0 Å². The second kappa shape index (κ2) is 6.88. The Bertz CT molecular complexity index is 790. The quantitative estimate of drug-likeness (QED) is 0.798. The van der Waals surface area contributed by atoms with Gasteiger partial charge in [-0.2, -0.15) is 0 Å². The van der Waals surface area contributed by atoms with Crippen molar-refractivity contribution in [3.05, 3.63) is 34.5 Å². The molecule has 1 heterocycles. The van der Waals surface area contributed by atoms with Gasteiger partial charge < -0.3 is 14.2 Å². The molecule has 0 aliphatic rings. The van der Waals surface area contributed by atoms with Crippen molar-refractivity contribution in [3.8, 4) is 11.5 Å². The maximum Gasteiger partial charge on any atom is 0.349 e. The van der Waals surface area contributed by atoms with E-state index in [1.165, 1.54) is 44.9 Å². The smallest absolute Gasteiger partial charge is 0.349 e. The molecule has 0 aliphatic heterocycles. The molecule has 1 N–H and O–H groups in total. The van der Waals surface area contributed by atoms with Crippen LogP contribution in [0.15, 0.2) is 34.5 Å². The molecule has 9 heteroatoms. The summed E-state index contributed by atoms with van der Waals surface area (Å²) in [5.41, 5.74) is 0.253. The Labute approximate surface area is 137 Å². The van der Waals surface area contributed by atoms with Gasteiger partial charge in [-0.05, 0) is 11.4 Å². The van der Waals surface area contributed by atoms with Crippen LogP contribution in [-0.2, 0) is 14.8 Å². The molecule has 124 valence electrons. The summed E-state index contributed by atoms with van der Waals surface area (Å²) >= 11 is 0.992. The molecule has 1 aromatic heterocycles. The van der Waals surface area contributed by atoms with Gasteiger partial charge in [0.1, 0.15) is 21.3 Å². The number of methoxy groups -OCH3 is 3. The lowest BCUT2D eigenvalue weighted by atomic mass is 10.3. The molecular formula is C14H15NO6S2. The zero-order valence-corrected chi connectivity index (χ0v) is 14.3. The number of nitrogens with one attached hydrogen (secondary N) is 1. The Balaban J connectivity index is 2.39. The molecule has 1 aromatic carbocycles. The molecule has 2 rings (SSSR count). The largest absolute Gasteiger partial charge is 0.497 e. The molecule has 23 heavy (non-hydrogen) atoms. The summed E-state index contributed by atoms with van der Waals surface area (Å²) in [6, 6.07) is 5.97. The summed E-state index contributed by atoms with van der Waals surface area (Å²) < 4.78 is 42.2. The van der Waals surface area contributed by atoms with E-state index in [-0.39, 0.29) is 15.5 Å². The highest BCUT2D eigenvalue weighted by Crippen LogP contribution is 2.29. The molecule has 0 saturated heterocycles. The number of hydrogen-bond donors (Lipinski definition) is 1. The van der Waals surface area contributed by atoms with Crippen LogP contribution in [0, 0.1) is 0 Å². The second-order valence-electron chi connectivity index (χ2n) is 4.31. The van der Waals surface area contributed by atoms with Gasteiger partial charge in [0.15, 0.2) is 0 Å². The zero-order valence-electron chi connectivity index (χ0n) is 12.7. The first-order chi connectivity index (χ1) is 10.9. The minimum Gasteiger partial charge on any atom is -0.497 e. The van der Waals surface area contributed by atoms with Crippen LogP contribution in [0.3, 0.4) is 0 Å². The van der Waals surface area contributed by atoms with Crippen LogP contribution < -0.4 is 14.2 Å². The molecule has 0 aliphatic carbocycles. The number of anilines is 1. The average Bonchev–Trinajstić information content (AvgIpc) is 3.03. The van der Waals surface area contributed by atoms with Gasteiger partial charge in [0.25, 0.3) is 10.0 Å². The molecule has 0 amide bonds. The summed E-state index contributed by atoms with van der Waals surface area (Å²) in [4.78, 5) is 11.5. The van der Waals surface area contributed by atoms with Gasteiger partial charge in [-0.1, -0.05) is 0 Å². The Hall–Kier alpha value is -2.26. The Morgan fingerprint density at radius 3 is 2.22 bits per heavy atom. The standard InChI is InChI=1S/C14H15NO6S2/c1-19-10-6-9(7-11(8-10)20-2)15-23(17,18)12-4-5-22-13(12)14(16)21-3/h4-8,15H,1-3H3. The minimum atomic E-state index is -3.96. The van der Waals surface area contributed by atoms with Crippen molar-refractivity contribution in [2.75, 3.05) is 26.1 Å². The third kappa shape index (κ3) is 3.74. The first kappa shape index (κ1) is 17.1. The van der Waals surface area contributed by atoms with Crippen LogP contribution in [-0.4, -0.2) is 35.7 Å². The van der Waals surface area contributed by atoms with Crippen LogP contribution in [0.4, 0.5) is 5.69 Å². The van der Waals surface area contributed by atoms with E-state index >= 15 is 0 Å². The SMILES string of the molecule is COC(=O)c1sccc1S(=O)(=O)Nc1cc(OC)cc(OC)c1. The second-order valence-corrected chi connectivity index (χ2v) is 6.88. The first-order valence-electron chi connectivity index (χ1n) is 6.33. The minimum absolute atomic E-state index is 0.00913. The van der Waals surface area contributed by atoms with Crippen molar-refractivity contribution in [3.63, 3.8) is 0 Å². The third-order valence-electron chi connectivity index (χ3n) is 2.89. The summed E-state index contributed by atoms with van der Waals surface area (Å²) in [7, 11) is 0.155. The normalized spacial score (nSPS) is 10.9. The number of hydrogen-bond acceptors (Lipinski definition) is 7. The van der Waals surface area contributed by atoms with Crippen LogP contribution in [0.5, 0.6) is 11.5 Å². The maximum absolute atomic E-state index is 12.5. The van der Waals surface area contributed by atoms with E-state index in [0.29, 0.717) is 11.5 Å². The molecule has 0 saturated carbocycles. The molecule has 0 spiro atoms. The Morgan fingerprint density at radius 1 is 1.09 bits per heavy atom. The number of thiophene rings is 1. The number of sulfonamides is 1. The zero-order chi connectivity index (χ0) is 17.0. The van der Waals surface area contributed by atoms with Crippen molar-refractivity contribution in [2.45, 2.75) is 4.90 Å². The molecule has 2 aromatic rings. The van der Waals surface area contributed by atoms with Crippen LogP contribution in [0.25, 0.3) is 0 Å². The van der Waals surface area contributed by atoms with Crippen molar-refractivity contribution < 1.29 is 27.4 Å². The molecule has 7 nitrogen and oxygen atoms in total. The fraction of sp³-hybridized carbons (Fsp3) is 0.214. The number of benzene rings is 1. The van der Waals surface area contributed by atoms with Crippen LogP contribution in [0.1, 0.15) is 9.67 Å². The number of rotatable bonds is 6. The number of esters is 1. The molecular weight excluding hydrogens is 342 g/mol. The van der Waals surface area contributed by atoms with Gasteiger partial charge >= 0.3 is 5.97 Å². The highest BCUT2D eigenvalue weighted by Gasteiger charge is 2.25. The first-order valence-corrected chi connectivity index (χ1v) is 8.69. The monoisotopic (exact) mass is 357 g/mol. The summed E-state index contributed by atoms with van der Waals surface area (Å²) in [6.07, 6.45) is 0. The van der Waals surface area contributed by atoms with E-state index in [4.69, 9.17) is 9.47 Å². The lowest BCUT2D eigenvalue weighted by Gasteiger charge is -2.11. The summed E-state index contributed by atoms with van der Waals surface area (Å²) in [5, 5.41) is 1.51. The van der Waals surface area contributed by atoms with E-state index in [1.54, 1.807) is 6.07 Å². The highest BCUT2D eigenvalue weighted by molar-refractivity contribution is 7.93. The summed E-state index contributed by atoms with van der Waals surface area (Å²) in [6.45, 7) is 0. The van der Waals surface area contributed by atoms with Gasteiger partial charge in [0.2, 0.25) is 0 Å².